The Kier molecular flexibility index (Phi) is 2.55. The third-order valence-electron chi connectivity index (χ3n) is 3.25. The van der Waals surface area contributed by atoms with E-state index in [1.165, 1.54) is 12.1 Å². The molecule has 0 saturated carbocycles. The molecule has 1 aliphatic rings. The Bertz CT molecular complexity index is 600. The Morgan fingerprint density at radius 2 is 2.17 bits per heavy atom. The standard InChI is InChI=1S/C12H14N6/c13-11(14)8-5-6-16-17-12(8)18-7-15-9-3-1-2-4-10(9)18/h5-7H,1-4H2,(H3,13,14). The SMILES string of the molecule is N=C(N)c1ccnnc1-n1cnc2c1CCCC2. The van der Waals surface area contributed by atoms with Crippen molar-refractivity contribution in [3.05, 3.63) is 35.5 Å². The second-order valence-corrected chi connectivity index (χ2v) is 4.40. The van der Waals surface area contributed by atoms with Gasteiger partial charge in [0.1, 0.15) is 12.2 Å². The molecule has 0 aliphatic heterocycles. The van der Waals surface area contributed by atoms with Gasteiger partial charge in [0, 0.05) is 5.69 Å². The van der Waals surface area contributed by atoms with Crippen molar-refractivity contribution in [1.82, 2.24) is 19.7 Å². The number of hydrogen-bond donors (Lipinski definition) is 2. The molecule has 0 spiro atoms. The van der Waals surface area contributed by atoms with Crippen LogP contribution in [0.25, 0.3) is 5.82 Å². The van der Waals surface area contributed by atoms with E-state index in [1.807, 2.05) is 4.57 Å². The summed E-state index contributed by atoms with van der Waals surface area (Å²) in [4.78, 5) is 4.42. The summed E-state index contributed by atoms with van der Waals surface area (Å²) in [5.74, 6) is 0.596. The van der Waals surface area contributed by atoms with Gasteiger partial charge in [-0.3, -0.25) is 9.98 Å². The highest BCUT2D eigenvalue weighted by Gasteiger charge is 2.19. The van der Waals surface area contributed by atoms with E-state index in [9.17, 15) is 0 Å². The Labute approximate surface area is 104 Å². The van der Waals surface area contributed by atoms with Gasteiger partial charge in [0.25, 0.3) is 0 Å². The van der Waals surface area contributed by atoms with Gasteiger partial charge in [-0.15, -0.1) is 5.10 Å². The van der Waals surface area contributed by atoms with Crippen molar-refractivity contribution in [3.63, 3.8) is 0 Å². The highest BCUT2D eigenvalue weighted by atomic mass is 15.2. The van der Waals surface area contributed by atoms with Gasteiger partial charge in [-0.25, -0.2) is 4.98 Å². The van der Waals surface area contributed by atoms with E-state index in [0.717, 1.165) is 25.0 Å². The van der Waals surface area contributed by atoms with Crippen LogP contribution in [-0.2, 0) is 12.8 Å². The summed E-state index contributed by atoms with van der Waals surface area (Å²) in [6.07, 6.45) is 7.65. The van der Waals surface area contributed by atoms with Crippen molar-refractivity contribution in [2.75, 3.05) is 0 Å². The molecule has 0 bridgehead atoms. The number of nitrogens with one attached hydrogen (secondary N) is 1. The number of hydrogen-bond acceptors (Lipinski definition) is 4. The van der Waals surface area contributed by atoms with Gasteiger partial charge in [0.05, 0.1) is 17.5 Å². The number of nitrogens with zero attached hydrogens (tertiary/aromatic N) is 4. The summed E-state index contributed by atoms with van der Waals surface area (Å²) in [5, 5.41) is 15.6. The largest absolute Gasteiger partial charge is 0.384 e. The van der Waals surface area contributed by atoms with E-state index in [1.54, 1.807) is 18.6 Å². The topological polar surface area (TPSA) is 93.5 Å². The molecule has 18 heavy (non-hydrogen) atoms. The highest BCUT2D eigenvalue weighted by Crippen LogP contribution is 2.23. The van der Waals surface area contributed by atoms with Crippen LogP contribution in [0.2, 0.25) is 0 Å². The Hall–Kier alpha value is -2.24. The number of aryl methyl sites for hydroxylation is 1. The molecule has 0 fully saturated rings. The molecule has 1 aliphatic carbocycles. The molecule has 2 aromatic heterocycles. The molecule has 92 valence electrons. The third kappa shape index (κ3) is 1.66. The van der Waals surface area contributed by atoms with Gasteiger partial charge in [-0.1, -0.05) is 0 Å². The fourth-order valence-corrected chi connectivity index (χ4v) is 2.36. The van der Waals surface area contributed by atoms with Crippen LogP contribution >= 0.6 is 0 Å². The van der Waals surface area contributed by atoms with Gasteiger partial charge in [0.15, 0.2) is 5.82 Å². The summed E-state index contributed by atoms with van der Waals surface area (Å²) in [5.41, 5.74) is 8.47. The van der Waals surface area contributed by atoms with E-state index in [-0.39, 0.29) is 5.84 Å². The van der Waals surface area contributed by atoms with E-state index >= 15 is 0 Å². The number of imidazole rings is 1. The number of amidine groups is 1. The Balaban J connectivity index is 2.15. The molecule has 0 unspecified atom stereocenters. The third-order valence-corrected chi connectivity index (χ3v) is 3.25. The number of rotatable bonds is 2. The fourth-order valence-electron chi connectivity index (χ4n) is 2.36. The smallest absolute Gasteiger partial charge is 0.171 e. The zero-order valence-electron chi connectivity index (χ0n) is 9.93. The van der Waals surface area contributed by atoms with Crippen LogP contribution in [-0.4, -0.2) is 25.6 Å². The molecule has 2 aromatic rings. The van der Waals surface area contributed by atoms with Crippen LogP contribution in [0.1, 0.15) is 29.8 Å². The van der Waals surface area contributed by atoms with Crippen LogP contribution in [0.4, 0.5) is 0 Å². The van der Waals surface area contributed by atoms with Crippen molar-refractivity contribution in [3.8, 4) is 5.82 Å². The number of aromatic nitrogens is 4. The molecule has 3 N–H and O–H groups in total. The summed E-state index contributed by atoms with van der Waals surface area (Å²) in [6.45, 7) is 0. The maximum absolute atomic E-state index is 7.59. The minimum Gasteiger partial charge on any atom is -0.384 e. The quantitative estimate of drug-likeness (QED) is 0.602. The molecule has 6 nitrogen and oxygen atoms in total. The van der Waals surface area contributed by atoms with Gasteiger partial charge in [0.2, 0.25) is 0 Å². The molecule has 6 heteroatoms. The second kappa shape index (κ2) is 4.21. The monoisotopic (exact) mass is 242 g/mol. The zero-order chi connectivity index (χ0) is 12.5. The number of fused-ring (bicyclic) bond motifs is 1. The van der Waals surface area contributed by atoms with E-state index < -0.39 is 0 Å². The van der Waals surface area contributed by atoms with Gasteiger partial charge in [-0.05, 0) is 31.7 Å². The molecule has 0 amide bonds. The van der Waals surface area contributed by atoms with Crippen LogP contribution in [0.15, 0.2) is 18.6 Å². The van der Waals surface area contributed by atoms with Crippen molar-refractivity contribution in [1.29, 1.82) is 5.41 Å². The molecular weight excluding hydrogens is 228 g/mol. The lowest BCUT2D eigenvalue weighted by atomic mass is 10.0. The lowest BCUT2D eigenvalue weighted by Crippen LogP contribution is -2.17. The Morgan fingerprint density at radius 1 is 1.33 bits per heavy atom. The lowest BCUT2D eigenvalue weighted by molar-refractivity contribution is 0.652. The van der Waals surface area contributed by atoms with Gasteiger partial charge >= 0.3 is 0 Å². The first-order valence-electron chi connectivity index (χ1n) is 5.99. The van der Waals surface area contributed by atoms with E-state index in [4.69, 9.17) is 11.1 Å². The van der Waals surface area contributed by atoms with Crippen molar-refractivity contribution in [2.45, 2.75) is 25.7 Å². The van der Waals surface area contributed by atoms with Crippen molar-refractivity contribution < 1.29 is 0 Å². The Morgan fingerprint density at radius 3 is 3.00 bits per heavy atom. The second-order valence-electron chi connectivity index (χ2n) is 4.40. The minimum atomic E-state index is -0.00170. The first kappa shape index (κ1) is 10.9. The zero-order valence-corrected chi connectivity index (χ0v) is 9.93. The first-order chi connectivity index (χ1) is 8.77. The molecule has 0 atom stereocenters. The van der Waals surface area contributed by atoms with Gasteiger partial charge < -0.3 is 5.73 Å². The number of nitrogen functional groups attached to an aromatic ring is 1. The fraction of sp³-hybridized carbons (Fsp3) is 0.333. The van der Waals surface area contributed by atoms with E-state index in [0.29, 0.717) is 11.4 Å². The predicted octanol–water partition coefficient (Wildman–Crippen LogP) is 0.825. The van der Waals surface area contributed by atoms with Crippen LogP contribution in [0.3, 0.4) is 0 Å². The average molecular weight is 242 g/mol. The number of nitrogens with two attached hydrogens (primary N) is 1. The summed E-state index contributed by atoms with van der Waals surface area (Å²) in [6, 6.07) is 1.71. The van der Waals surface area contributed by atoms with Crippen molar-refractivity contribution >= 4 is 5.84 Å². The molecule has 0 radical (unpaired) electrons. The van der Waals surface area contributed by atoms with Gasteiger partial charge in [-0.2, -0.15) is 5.10 Å². The average Bonchev–Trinajstić information content (AvgIpc) is 2.82. The van der Waals surface area contributed by atoms with Crippen LogP contribution in [0.5, 0.6) is 0 Å². The highest BCUT2D eigenvalue weighted by molar-refractivity contribution is 5.97. The first-order valence-corrected chi connectivity index (χ1v) is 5.99. The lowest BCUT2D eigenvalue weighted by Gasteiger charge is -2.14. The molecule has 0 aromatic carbocycles. The summed E-state index contributed by atoms with van der Waals surface area (Å²) in [7, 11) is 0. The minimum absolute atomic E-state index is 0.00170. The summed E-state index contributed by atoms with van der Waals surface area (Å²) < 4.78 is 1.91. The van der Waals surface area contributed by atoms with E-state index in [2.05, 4.69) is 15.2 Å². The molecular formula is C12H14N6. The maximum atomic E-state index is 7.59. The molecule has 0 saturated heterocycles. The normalized spacial score (nSPS) is 14.2. The summed E-state index contributed by atoms with van der Waals surface area (Å²) >= 11 is 0. The maximum Gasteiger partial charge on any atom is 0.171 e. The predicted molar refractivity (Wildman–Crippen MR) is 66.8 cm³/mol. The molecule has 3 rings (SSSR count). The molecule has 2 heterocycles. The van der Waals surface area contributed by atoms with Crippen molar-refractivity contribution in [2.24, 2.45) is 5.73 Å². The van der Waals surface area contributed by atoms with Crippen LogP contribution < -0.4 is 5.73 Å². The van der Waals surface area contributed by atoms with Crippen LogP contribution in [0, 0.1) is 5.41 Å².